The zero-order valence-electron chi connectivity index (χ0n) is 19.7. The average Bonchev–Trinajstić information content (AvgIpc) is 2.63. The molecule has 0 N–H and O–H groups in total. The fourth-order valence-electron chi connectivity index (χ4n) is 0.167. The van der Waals surface area contributed by atoms with Crippen molar-refractivity contribution in [3.63, 3.8) is 0 Å². The van der Waals surface area contributed by atoms with Crippen LogP contribution in [0.2, 0.25) is 0 Å². The minimum Gasteiger partial charge on any atom is -0.469 e. The molecule has 0 atom stereocenters. The Bertz CT molecular complexity index is 287. The van der Waals surface area contributed by atoms with Gasteiger partial charge < -0.3 is 33.2 Å². The maximum absolute atomic E-state index is 9.74. The van der Waals surface area contributed by atoms with Crippen LogP contribution in [0.15, 0.2) is 0 Å². The number of Topliss-reactive ketones (excluding diaryl/α,β-unsaturated/α-hetero) is 1. The second-order valence-electron chi connectivity index (χ2n) is 4.48. The number of hydrogen-bond donors (Lipinski definition) is 0. The van der Waals surface area contributed by atoms with Gasteiger partial charge in [0.25, 0.3) is 0 Å². The lowest BCUT2D eigenvalue weighted by Gasteiger charge is -2.19. The van der Waals surface area contributed by atoms with E-state index < -0.39 is 11.9 Å². The average molecular weight is 403 g/mol. The van der Waals surface area contributed by atoms with Crippen LogP contribution in [0.5, 0.6) is 0 Å². The van der Waals surface area contributed by atoms with Gasteiger partial charge in [0.05, 0.1) is 21.3 Å². The number of ketones is 1. The molecule has 0 radical (unpaired) electrons. The number of esters is 1. The minimum absolute atomic E-state index is 0.167. The summed E-state index contributed by atoms with van der Waals surface area (Å²) in [5.74, 6) is -0.495. The van der Waals surface area contributed by atoms with E-state index in [9.17, 15) is 14.4 Å². The van der Waals surface area contributed by atoms with Crippen LogP contribution in [0.3, 0.4) is 0 Å². The van der Waals surface area contributed by atoms with Gasteiger partial charge in [0.15, 0.2) is 5.79 Å². The Morgan fingerprint density at radius 1 is 0.630 bits per heavy atom. The highest BCUT2D eigenvalue weighted by Crippen LogP contribution is 2.05. The monoisotopic (exact) mass is 402 g/mol. The van der Waals surface area contributed by atoms with Crippen molar-refractivity contribution in [3.05, 3.63) is 0 Å². The molecule has 0 saturated carbocycles. The number of methoxy groups -OCH3 is 6. The van der Waals surface area contributed by atoms with E-state index in [1.807, 2.05) is 27.7 Å². The molecule has 9 nitrogen and oxygen atoms in total. The molecule has 0 heterocycles. The molecule has 0 fully saturated rings. The number of ether oxygens (including phenoxy) is 6. The highest BCUT2D eigenvalue weighted by molar-refractivity contribution is 5.72. The van der Waals surface area contributed by atoms with Crippen LogP contribution in [-0.2, 0) is 38.0 Å². The van der Waals surface area contributed by atoms with E-state index >= 15 is 0 Å². The highest BCUT2D eigenvalue weighted by Gasteiger charge is 2.11. The number of carbonyl (C=O) groups is 3. The Morgan fingerprint density at radius 2 is 0.815 bits per heavy atom. The second kappa shape index (κ2) is 35.4. The largest absolute Gasteiger partial charge is 0.507 e. The van der Waals surface area contributed by atoms with Crippen molar-refractivity contribution < 1.29 is 42.8 Å². The van der Waals surface area contributed by atoms with Crippen LogP contribution in [0.4, 0.5) is 4.79 Å². The first-order chi connectivity index (χ1) is 12.3. The third-order valence-corrected chi connectivity index (χ3v) is 1.60. The quantitative estimate of drug-likeness (QED) is 0.507. The second-order valence-corrected chi connectivity index (χ2v) is 4.48. The first kappa shape index (κ1) is 40.1. The van der Waals surface area contributed by atoms with Gasteiger partial charge in [-0.15, -0.1) is 0 Å². The Labute approximate surface area is 165 Å². The molecule has 0 spiro atoms. The predicted octanol–water partition coefficient (Wildman–Crippen LogP) is 3.48. The van der Waals surface area contributed by atoms with Gasteiger partial charge in [-0.25, -0.2) is 4.79 Å². The number of carbonyl (C=O) groups excluding carboxylic acids is 3. The molecule has 0 saturated heterocycles. The summed E-state index contributed by atoms with van der Waals surface area (Å²) in [6.45, 7) is 12.1. The van der Waals surface area contributed by atoms with E-state index in [0.717, 1.165) is 0 Å². The zero-order valence-corrected chi connectivity index (χ0v) is 19.7. The minimum atomic E-state index is -0.657. The van der Waals surface area contributed by atoms with Crippen LogP contribution in [0.1, 0.15) is 48.5 Å². The molecule has 0 amide bonds. The van der Waals surface area contributed by atoms with Crippen LogP contribution in [0, 0.1) is 0 Å². The molecule has 0 aromatic carbocycles. The summed E-state index contributed by atoms with van der Waals surface area (Å²) in [5, 5.41) is 0. The third-order valence-electron chi connectivity index (χ3n) is 1.60. The third kappa shape index (κ3) is 114. The summed E-state index contributed by atoms with van der Waals surface area (Å²) in [6, 6.07) is 0. The lowest BCUT2D eigenvalue weighted by molar-refractivity contribution is -0.178. The SMILES string of the molecule is CC.CC(C)=O.COC.COC(=O)OC.COC(C)(C)OC.COC(C)=O. The van der Waals surface area contributed by atoms with Crippen molar-refractivity contribution >= 4 is 17.9 Å². The summed E-state index contributed by atoms with van der Waals surface area (Å²) in [6.07, 6.45) is -0.657. The molecule has 0 aliphatic heterocycles. The van der Waals surface area contributed by atoms with Crippen molar-refractivity contribution in [3.8, 4) is 0 Å². The van der Waals surface area contributed by atoms with Crippen LogP contribution in [0.25, 0.3) is 0 Å². The summed E-state index contributed by atoms with van der Waals surface area (Å²) < 4.78 is 26.2. The van der Waals surface area contributed by atoms with E-state index in [1.165, 1.54) is 42.1 Å². The topological polar surface area (TPSA) is 107 Å². The lowest BCUT2D eigenvalue weighted by Crippen LogP contribution is -2.24. The summed E-state index contributed by atoms with van der Waals surface area (Å²) in [5.41, 5.74) is 0. The van der Waals surface area contributed by atoms with Crippen molar-refractivity contribution in [2.24, 2.45) is 0 Å². The molecular formula is C18H42O9. The normalized spacial score (nSPS) is 7.78. The maximum atomic E-state index is 9.74. The van der Waals surface area contributed by atoms with Crippen LogP contribution in [-0.4, -0.2) is 73.5 Å². The van der Waals surface area contributed by atoms with Crippen molar-refractivity contribution in [2.45, 2.75) is 54.3 Å². The number of hydrogen-bond acceptors (Lipinski definition) is 9. The van der Waals surface area contributed by atoms with E-state index in [1.54, 1.807) is 28.4 Å². The Kier molecular flexibility index (Phi) is 52.6. The van der Waals surface area contributed by atoms with Crippen LogP contribution >= 0.6 is 0 Å². The fourth-order valence-corrected chi connectivity index (χ4v) is 0.167. The molecule has 0 aliphatic carbocycles. The fraction of sp³-hybridized carbons (Fsp3) is 0.833. The standard InChI is InChI=1S/C5H12O2.C3H6O3.C3H6O2.C3H6O.C2H6O.C2H6/c1-5(2,6-3)7-4;1-5-3(4)6-2;1-3(4)5-2;1-3(2)4;1-3-2;1-2/h1-4H3;1-2H3;1-2H3;1-2H3;1-2H3;1-2H3. The van der Waals surface area contributed by atoms with Crippen molar-refractivity contribution in [1.29, 1.82) is 0 Å². The Morgan fingerprint density at radius 3 is 0.815 bits per heavy atom. The molecule has 0 aromatic heterocycles. The van der Waals surface area contributed by atoms with E-state index in [4.69, 9.17) is 9.47 Å². The van der Waals surface area contributed by atoms with Gasteiger partial charge in [0.2, 0.25) is 0 Å². The molecule has 0 bridgehead atoms. The predicted molar refractivity (Wildman–Crippen MR) is 106 cm³/mol. The first-order valence-corrected chi connectivity index (χ1v) is 7.99. The van der Waals surface area contributed by atoms with Crippen molar-refractivity contribution in [2.75, 3.05) is 49.8 Å². The summed E-state index contributed by atoms with van der Waals surface area (Å²) >= 11 is 0. The van der Waals surface area contributed by atoms with Gasteiger partial charge >= 0.3 is 12.1 Å². The van der Waals surface area contributed by atoms with E-state index in [2.05, 4.69) is 18.9 Å². The molecule has 0 unspecified atom stereocenters. The van der Waals surface area contributed by atoms with E-state index in [-0.39, 0.29) is 11.8 Å². The van der Waals surface area contributed by atoms with Gasteiger partial charge in [0, 0.05) is 35.4 Å². The molecule has 0 aliphatic rings. The lowest BCUT2D eigenvalue weighted by atomic mass is 10.4. The molecule has 27 heavy (non-hydrogen) atoms. The van der Waals surface area contributed by atoms with Gasteiger partial charge in [-0.05, 0) is 27.7 Å². The smallest absolute Gasteiger partial charge is 0.469 e. The van der Waals surface area contributed by atoms with Gasteiger partial charge in [0.1, 0.15) is 5.78 Å². The molecule has 0 rings (SSSR count). The Balaban J connectivity index is -0.0000000511. The number of rotatable bonds is 2. The Hall–Kier alpha value is -1.71. The van der Waals surface area contributed by atoms with Gasteiger partial charge in [-0.2, -0.15) is 0 Å². The van der Waals surface area contributed by atoms with Gasteiger partial charge in [-0.3, -0.25) is 4.79 Å². The molecule has 168 valence electrons. The first-order valence-electron chi connectivity index (χ1n) is 7.99. The summed E-state index contributed by atoms with van der Waals surface area (Å²) in [4.78, 5) is 28.8. The zero-order chi connectivity index (χ0) is 23.5. The highest BCUT2D eigenvalue weighted by atomic mass is 16.7. The van der Waals surface area contributed by atoms with E-state index in [0.29, 0.717) is 0 Å². The maximum Gasteiger partial charge on any atom is 0.507 e. The molecule has 9 heteroatoms. The van der Waals surface area contributed by atoms with Crippen molar-refractivity contribution in [1.82, 2.24) is 0 Å². The summed E-state index contributed by atoms with van der Waals surface area (Å²) in [7, 11) is 10.3. The van der Waals surface area contributed by atoms with Gasteiger partial charge in [-0.1, -0.05) is 13.8 Å². The molecular weight excluding hydrogens is 360 g/mol. The molecule has 0 aromatic rings. The van der Waals surface area contributed by atoms with Crippen LogP contribution < -0.4 is 0 Å².